The van der Waals surface area contributed by atoms with E-state index in [1.807, 2.05) is 37.3 Å². The van der Waals surface area contributed by atoms with Gasteiger partial charge in [0.25, 0.3) is 0 Å². The Morgan fingerprint density at radius 2 is 1.83 bits per heavy atom. The Bertz CT molecular complexity index is 542. The summed E-state index contributed by atoms with van der Waals surface area (Å²) >= 11 is 8.09. The summed E-state index contributed by atoms with van der Waals surface area (Å²) in [5, 5.41) is 13.7. The molecule has 94 valence electrons. The minimum absolute atomic E-state index is 0.0160. The monoisotopic (exact) mass is 373 g/mol. The molecule has 1 unspecified atom stereocenters. The molecule has 2 nitrogen and oxygen atoms in total. The third kappa shape index (κ3) is 3.29. The first-order valence-corrected chi connectivity index (χ1v) is 7.02. The van der Waals surface area contributed by atoms with Crippen molar-refractivity contribution in [2.75, 3.05) is 5.32 Å². The van der Waals surface area contributed by atoms with Crippen LogP contribution in [0.1, 0.15) is 18.5 Å². The van der Waals surface area contributed by atoms with E-state index in [9.17, 15) is 5.11 Å². The molecule has 0 bridgehead atoms. The third-order valence-electron chi connectivity index (χ3n) is 2.69. The Balaban J connectivity index is 2.16. The van der Waals surface area contributed by atoms with Crippen LogP contribution in [-0.4, -0.2) is 5.11 Å². The Labute approximate surface area is 125 Å². The molecule has 1 atom stereocenters. The van der Waals surface area contributed by atoms with Crippen LogP contribution in [0, 0.1) is 3.57 Å². The summed E-state index contributed by atoms with van der Waals surface area (Å²) in [6, 6.07) is 13.3. The first-order chi connectivity index (χ1) is 8.56. The molecular weight excluding hydrogens is 361 g/mol. The molecule has 2 aromatic rings. The largest absolute Gasteiger partial charge is 0.508 e. The van der Waals surface area contributed by atoms with Crippen molar-refractivity contribution in [3.8, 4) is 5.75 Å². The Morgan fingerprint density at radius 3 is 2.44 bits per heavy atom. The Hall–Kier alpha value is -0.940. The summed E-state index contributed by atoms with van der Waals surface area (Å²) in [6.07, 6.45) is 0. The first kappa shape index (κ1) is 13.5. The van der Waals surface area contributed by atoms with E-state index in [1.165, 1.54) is 3.57 Å². The first-order valence-electron chi connectivity index (χ1n) is 5.57. The van der Waals surface area contributed by atoms with Crippen molar-refractivity contribution in [2.45, 2.75) is 13.0 Å². The van der Waals surface area contributed by atoms with Crippen LogP contribution < -0.4 is 5.32 Å². The molecule has 0 radical (unpaired) electrons. The topological polar surface area (TPSA) is 32.3 Å². The predicted octanol–water partition coefficient (Wildman–Crippen LogP) is 4.82. The fourth-order valence-electron chi connectivity index (χ4n) is 1.76. The van der Waals surface area contributed by atoms with Gasteiger partial charge >= 0.3 is 0 Å². The lowest BCUT2D eigenvalue weighted by Crippen LogP contribution is -2.06. The van der Waals surface area contributed by atoms with E-state index in [2.05, 4.69) is 27.9 Å². The maximum absolute atomic E-state index is 9.86. The molecule has 0 aliphatic rings. The standard InChI is InChI=1S/C14H13ClINO/c1-9(13-7-2-10(15)8-14(13)18)17-12-5-3-11(16)4-6-12/h2-9,17-18H,1H3. The molecule has 4 heteroatoms. The molecule has 0 aliphatic heterocycles. The van der Waals surface area contributed by atoms with Crippen molar-refractivity contribution in [1.29, 1.82) is 0 Å². The van der Waals surface area contributed by atoms with Gasteiger partial charge in [0.15, 0.2) is 0 Å². The summed E-state index contributed by atoms with van der Waals surface area (Å²) in [5.41, 5.74) is 1.86. The van der Waals surface area contributed by atoms with Crippen LogP contribution in [0.2, 0.25) is 5.02 Å². The van der Waals surface area contributed by atoms with Crippen molar-refractivity contribution in [2.24, 2.45) is 0 Å². The molecule has 0 spiro atoms. The maximum atomic E-state index is 9.86. The lowest BCUT2D eigenvalue weighted by Gasteiger charge is -2.17. The number of rotatable bonds is 3. The highest BCUT2D eigenvalue weighted by Gasteiger charge is 2.10. The van der Waals surface area contributed by atoms with Crippen molar-refractivity contribution in [3.63, 3.8) is 0 Å². The highest BCUT2D eigenvalue weighted by Crippen LogP contribution is 2.29. The number of benzene rings is 2. The number of halogens is 2. The van der Waals surface area contributed by atoms with E-state index in [0.29, 0.717) is 5.02 Å². The van der Waals surface area contributed by atoms with Gasteiger partial charge in [-0.05, 0) is 65.9 Å². The van der Waals surface area contributed by atoms with Crippen molar-refractivity contribution in [3.05, 3.63) is 56.6 Å². The average Bonchev–Trinajstić information content (AvgIpc) is 2.32. The molecule has 18 heavy (non-hydrogen) atoms. The summed E-state index contributed by atoms with van der Waals surface area (Å²) < 4.78 is 1.19. The van der Waals surface area contributed by atoms with Crippen molar-refractivity contribution < 1.29 is 5.11 Å². The number of phenolic OH excluding ortho intramolecular Hbond substituents is 1. The van der Waals surface area contributed by atoms with Crippen LogP contribution in [0.15, 0.2) is 42.5 Å². The lowest BCUT2D eigenvalue weighted by atomic mass is 10.1. The average molecular weight is 374 g/mol. The quantitative estimate of drug-likeness (QED) is 0.756. The SMILES string of the molecule is CC(Nc1ccc(I)cc1)c1ccc(Cl)cc1O. The van der Waals surface area contributed by atoms with Crippen LogP contribution in [0.3, 0.4) is 0 Å². The molecule has 0 amide bonds. The highest BCUT2D eigenvalue weighted by atomic mass is 127. The predicted molar refractivity (Wildman–Crippen MR) is 84.3 cm³/mol. The fraction of sp³-hybridized carbons (Fsp3) is 0.143. The molecule has 0 saturated heterocycles. The summed E-state index contributed by atoms with van der Waals surface area (Å²) in [4.78, 5) is 0. The Kier molecular flexibility index (Phi) is 4.35. The van der Waals surface area contributed by atoms with Crippen LogP contribution in [-0.2, 0) is 0 Å². The molecule has 0 heterocycles. The molecule has 0 aliphatic carbocycles. The van der Waals surface area contributed by atoms with Crippen LogP contribution >= 0.6 is 34.2 Å². The maximum Gasteiger partial charge on any atom is 0.122 e. The molecule has 2 rings (SSSR count). The van der Waals surface area contributed by atoms with Gasteiger partial charge in [-0.15, -0.1) is 0 Å². The number of nitrogens with one attached hydrogen (secondary N) is 1. The van der Waals surface area contributed by atoms with Crippen LogP contribution in [0.4, 0.5) is 5.69 Å². The fourth-order valence-corrected chi connectivity index (χ4v) is 2.28. The molecule has 0 saturated carbocycles. The lowest BCUT2D eigenvalue weighted by molar-refractivity contribution is 0.465. The van der Waals surface area contributed by atoms with Crippen LogP contribution in [0.5, 0.6) is 5.75 Å². The zero-order chi connectivity index (χ0) is 13.1. The highest BCUT2D eigenvalue weighted by molar-refractivity contribution is 14.1. The van der Waals surface area contributed by atoms with Gasteiger partial charge in [0.05, 0.1) is 6.04 Å². The van der Waals surface area contributed by atoms with Crippen molar-refractivity contribution >= 4 is 39.9 Å². The van der Waals surface area contributed by atoms with Gasteiger partial charge in [0.1, 0.15) is 5.75 Å². The van der Waals surface area contributed by atoms with Crippen LogP contribution in [0.25, 0.3) is 0 Å². The summed E-state index contributed by atoms with van der Waals surface area (Å²) in [5.74, 6) is 0.216. The molecule has 0 fully saturated rings. The second-order valence-corrected chi connectivity index (χ2v) is 5.76. The number of anilines is 1. The number of hydrogen-bond donors (Lipinski definition) is 2. The van der Waals surface area contributed by atoms with Crippen molar-refractivity contribution in [1.82, 2.24) is 0 Å². The normalized spacial score (nSPS) is 12.2. The molecular formula is C14H13ClINO. The third-order valence-corrected chi connectivity index (χ3v) is 3.64. The molecule has 2 aromatic carbocycles. The number of aromatic hydroxyl groups is 1. The van der Waals surface area contributed by atoms with E-state index in [4.69, 9.17) is 11.6 Å². The summed E-state index contributed by atoms with van der Waals surface area (Å²) in [7, 11) is 0. The van der Waals surface area contributed by atoms with E-state index < -0.39 is 0 Å². The van der Waals surface area contributed by atoms with Gasteiger partial charge in [0, 0.05) is 19.8 Å². The Morgan fingerprint density at radius 1 is 1.17 bits per heavy atom. The second kappa shape index (κ2) is 5.80. The zero-order valence-corrected chi connectivity index (χ0v) is 12.7. The molecule has 2 N–H and O–H groups in total. The number of phenols is 1. The van der Waals surface area contributed by atoms with E-state index in [0.717, 1.165) is 11.3 Å². The van der Waals surface area contributed by atoms with E-state index in [-0.39, 0.29) is 11.8 Å². The number of hydrogen-bond acceptors (Lipinski definition) is 2. The van der Waals surface area contributed by atoms with Gasteiger partial charge in [0.2, 0.25) is 0 Å². The minimum atomic E-state index is 0.0160. The van der Waals surface area contributed by atoms with Gasteiger partial charge in [-0.3, -0.25) is 0 Å². The minimum Gasteiger partial charge on any atom is -0.508 e. The smallest absolute Gasteiger partial charge is 0.122 e. The van der Waals surface area contributed by atoms with E-state index >= 15 is 0 Å². The summed E-state index contributed by atoms with van der Waals surface area (Å²) in [6.45, 7) is 2.00. The molecule has 0 aromatic heterocycles. The van der Waals surface area contributed by atoms with Gasteiger partial charge in [-0.1, -0.05) is 17.7 Å². The van der Waals surface area contributed by atoms with Gasteiger partial charge in [-0.2, -0.15) is 0 Å². The van der Waals surface area contributed by atoms with Gasteiger partial charge in [-0.25, -0.2) is 0 Å². The zero-order valence-electron chi connectivity index (χ0n) is 9.82. The van der Waals surface area contributed by atoms with E-state index in [1.54, 1.807) is 12.1 Å². The van der Waals surface area contributed by atoms with Gasteiger partial charge < -0.3 is 10.4 Å². The second-order valence-electron chi connectivity index (χ2n) is 4.08.